The third kappa shape index (κ3) is 15.4. The summed E-state index contributed by atoms with van der Waals surface area (Å²) in [4.78, 5) is 10.4. The summed E-state index contributed by atoms with van der Waals surface area (Å²) in [5.41, 5.74) is 5.87. The summed E-state index contributed by atoms with van der Waals surface area (Å²) in [5.74, 6) is -0.737. The molecule has 0 aromatic rings. The quantitative estimate of drug-likeness (QED) is 0.457. The second kappa shape index (κ2) is 13.9. The van der Waals surface area contributed by atoms with E-state index in [4.69, 9.17) is 10.8 Å². The number of carbonyl (C=O) groups is 1. The molecule has 3 heteroatoms. The van der Waals surface area contributed by atoms with Crippen LogP contribution < -0.4 is 5.73 Å². The van der Waals surface area contributed by atoms with E-state index in [2.05, 4.69) is 6.92 Å². The fourth-order valence-corrected chi connectivity index (χ4v) is 2.35. The lowest BCUT2D eigenvalue weighted by Crippen LogP contribution is -2.20. The van der Waals surface area contributed by atoms with Gasteiger partial charge in [-0.25, -0.2) is 0 Å². The van der Waals surface area contributed by atoms with Crippen LogP contribution in [0.3, 0.4) is 0 Å². The summed E-state index contributed by atoms with van der Waals surface area (Å²) in [6.45, 7) is 2.25. The van der Waals surface area contributed by atoms with Gasteiger partial charge < -0.3 is 10.8 Å². The van der Waals surface area contributed by atoms with E-state index in [1.807, 2.05) is 0 Å². The molecule has 1 unspecified atom stereocenters. The van der Waals surface area contributed by atoms with Crippen molar-refractivity contribution in [3.8, 4) is 0 Å². The predicted molar refractivity (Wildman–Crippen MR) is 81.3 cm³/mol. The Bertz CT molecular complexity index is 207. The van der Waals surface area contributed by atoms with E-state index < -0.39 is 5.97 Å². The maximum Gasteiger partial charge on any atom is 0.303 e. The molecule has 19 heavy (non-hydrogen) atoms. The summed E-state index contributed by atoms with van der Waals surface area (Å²) in [5, 5.41) is 8.55. The first-order chi connectivity index (χ1) is 9.16. The van der Waals surface area contributed by atoms with Crippen LogP contribution in [0.5, 0.6) is 0 Å². The molecule has 3 nitrogen and oxygen atoms in total. The first-order valence-corrected chi connectivity index (χ1v) is 8.14. The number of unbranched alkanes of at least 4 members (excludes halogenated alkanes) is 9. The molecule has 0 aromatic heterocycles. The maximum absolute atomic E-state index is 10.4. The van der Waals surface area contributed by atoms with E-state index in [1.54, 1.807) is 0 Å². The SMILES string of the molecule is CCCCCCCCCCCCC(N)CCC(=O)O. The third-order valence-corrected chi connectivity index (χ3v) is 3.66. The number of hydrogen-bond acceptors (Lipinski definition) is 2. The van der Waals surface area contributed by atoms with Gasteiger partial charge in [0.15, 0.2) is 0 Å². The van der Waals surface area contributed by atoms with E-state index in [1.165, 1.54) is 57.8 Å². The number of carboxylic acid groups (broad SMARTS) is 1. The van der Waals surface area contributed by atoms with Crippen LogP contribution in [-0.2, 0) is 4.79 Å². The van der Waals surface area contributed by atoms with Gasteiger partial charge in [-0.2, -0.15) is 0 Å². The second-order valence-corrected chi connectivity index (χ2v) is 5.66. The van der Waals surface area contributed by atoms with Gasteiger partial charge in [0.1, 0.15) is 0 Å². The molecule has 0 aliphatic rings. The molecule has 0 radical (unpaired) electrons. The lowest BCUT2D eigenvalue weighted by Gasteiger charge is -2.09. The van der Waals surface area contributed by atoms with Crippen molar-refractivity contribution in [2.45, 2.75) is 96.4 Å². The van der Waals surface area contributed by atoms with Gasteiger partial charge in [-0.3, -0.25) is 4.79 Å². The van der Waals surface area contributed by atoms with Crippen molar-refractivity contribution in [2.24, 2.45) is 5.73 Å². The highest BCUT2D eigenvalue weighted by Crippen LogP contribution is 2.12. The minimum Gasteiger partial charge on any atom is -0.481 e. The van der Waals surface area contributed by atoms with Crippen LogP contribution in [-0.4, -0.2) is 17.1 Å². The van der Waals surface area contributed by atoms with Gasteiger partial charge in [0.05, 0.1) is 0 Å². The van der Waals surface area contributed by atoms with E-state index in [-0.39, 0.29) is 12.5 Å². The van der Waals surface area contributed by atoms with Crippen molar-refractivity contribution < 1.29 is 9.90 Å². The summed E-state index contributed by atoms with van der Waals surface area (Å²) in [6.07, 6.45) is 15.1. The minimum absolute atomic E-state index is 0.0742. The maximum atomic E-state index is 10.4. The molecule has 1 atom stereocenters. The van der Waals surface area contributed by atoms with Crippen LogP contribution in [0, 0.1) is 0 Å². The van der Waals surface area contributed by atoms with Gasteiger partial charge in [-0.15, -0.1) is 0 Å². The van der Waals surface area contributed by atoms with Crippen LogP contribution >= 0.6 is 0 Å². The highest BCUT2D eigenvalue weighted by Gasteiger charge is 2.05. The largest absolute Gasteiger partial charge is 0.481 e. The van der Waals surface area contributed by atoms with Gasteiger partial charge in [-0.05, 0) is 12.8 Å². The van der Waals surface area contributed by atoms with E-state index in [9.17, 15) is 4.79 Å². The lowest BCUT2D eigenvalue weighted by molar-refractivity contribution is -0.137. The number of hydrogen-bond donors (Lipinski definition) is 2. The zero-order chi connectivity index (χ0) is 14.3. The molecule has 0 spiro atoms. The number of rotatable bonds is 14. The average molecular weight is 271 g/mol. The van der Waals surface area contributed by atoms with Crippen molar-refractivity contribution in [3.63, 3.8) is 0 Å². The van der Waals surface area contributed by atoms with Crippen LogP contribution in [0.25, 0.3) is 0 Å². The van der Waals surface area contributed by atoms with Crippen molar-refractivity contribution in [1.82, 2.24) is 0 Å². The average Bonchev–Trinajstić information content (AvgIpc) is 2.38. The number of carboxylic acids is 1. The summed E-state index contributed by atoms with van der Waals surface area (Å²) in [7, 11) is 0. The first-order valence-electron chi connectivity index (χ1n) is 8.14. The van der Waals surface area contributed by atoms with Crippen molar-refractivity contribution in [1.29, 1.82) is 0 Å². The Morgan fingerprint density at radius 2 is 1.37 bits per heavy atom. The van der Waals surface area contributed by atoms with Crippen molar-refractivity contribution in [2.75, 3.05) is 0 Å². The highest BCUT2D eigenvalue weighted by atomic mass is 16.4. The van der Waals surface area contributed by atoms with E-state index >= 15 is 0 Å². The van der Waals surface area contributed by atoms with Gasteiger partial charge in [0, 0.05) is 12.5 Å². The zero-order valence-electron chi connectivity index (χ0n) is 12.7. The standard InChI is InChI=1S/C16H33NO2/c1-2-3-4-5-6-7-8-9-10-11-12-15(17)13-14-16(18)19/h15H,2-14,17H2,1H3,(H,18,19). The minimum atomic E-state index is -0.737. The fraction of sp³-hybridized carbons (Fsp3) is 0.938. The molecule has 3 N–H and O–H groups in total. The van der Waals surface area contributed by atoms with Crippen LogP contribution in [0.1, 0.15) is 90.4 Å². The van der Waals surface area contributed by atoms with Crippen LogP contribution in [0.4, 0.5) is 0 Å². The molecule has 0 bridgehead atoms. The molecular weight excluding hydrogens is 238 g/mol. The van der Waals surface area contributed by atoms with Crippen molar-refractivity contribution in [3.05, 3.63) is 0 Å². The predicted octanol–water partition coefficient (Wildman–Crippen LogP) is 4.49. The Hall–Kier alpha value is -0.570. The molecule has 0 saturated heterocycles. The summed E-state index contributed by atoms with van der Waals surface area (Å²) < 4.78 is 0. The molecule has 0 heterocycles. The fourth-order valence-electron chi connectivity index (χ4n) is 2.35. The Kier molecular flexibility index (Phi) is 13.4. The number of nitrogens with two attached hydrogens (primary N) is 1. The van der Waals surface area contributed by atoms with Crippen LogP contribution in [0.2, 0.25) is 0 Å². The molecule has 0 aliphatic carbocycles. The Balaban J connectivity index is 3.11. The Morgan fingerprint density at radius 3 is 1.84 bits per heavy atom. The van der Waals surface area contributed by atoms with E-state index in [0.717, 1.165) is 12.8 Å². The molecule has 0 rings (SSSR count). The van der Waals surface area contributed by atoms with Gasteiger partial charge in [0.2, 0.25) is 0 Å². The Labute approximate surface area is 119 Å². The first kappa shape index (κ1) is 18.4. The van der Waals surface area contributed by atoms with Gasteiger partial charge >= 0.3 is 5.97 Å². The van der Waals surface area contributed by atoms with Crippen molar-refractivity contribution >= 4 is 5.97 Å². The zero-order valence-corrected chi connectivity index (χ0v) is 12.7. The smallest absolute Gasteiger partial charge is 0.303 e. The highest BCUT2D eigenvalue weighted by molar-refractivity contribution is 5.66. The lowest BCUT2D eigenvalue weighted by atomic mass is 10.0. The summed E-state index contributed by atoms with van der Waals surface area (Å²) >= 11 is 0. The normalized spacial score (nSPS) is 12.5. The Morgan fingerprint density at radius 1 is 0.895 bits per heavy atom. The molecule has 0 amide bonds. The third-order valence-electron chi connectivity index (χ3n) is 3.66. The number of aliphatic carboxylic acids is 1. The molecule has 0 aliphatic heterocycles. The second-order valence-electron chi connectivity index (χ2n) is 5.66. The molecule has 0 saturated carbocycles. The van der Waals surface area contributed by atoms with Crippen LogP contribution in [0.15, 0.2) is 0 Å². The van der Waals surface area contributed by atoms with Gasteiger partial charge in [-0.1, -0.05) is 71.1 Å². The molecule has 0 aromatic carbocycles. The molecular formula is C16H33NO2. The monoisotopic (exact) mass is 271 g/mol. The van der Waals surface area contributed by atoms with Gasteiger partial charge in [0.25, 0.3) is 0 Å². The topological polar surface area (TPSA) is 63.3 Å². The molecule has 114 valence electrons. The van der Waals surface area contributed by atoms with E-state index in [0.29, 0.717) is 6.42 Å². The molecule has 0 fully saturated rings. The summed E-state index contributed by atoms with van der Waals surface area (Å²) in [6, 6.07) is 0.0742.